The lowest BCUT2D eigenvalue weighted by Gasteiger charge is -2.30. The van der Waals surface area contributed by atoms with Gasteiger partial charge >= 0.3 is 12.0 Å². The van der Waals surface area contributed by atoms with Crippen LogP contribution >= 0.6 is 0 Å². The van der Waals surface area contributed by atoms with Gasteiger partial charge in [0.25, 0.3) is 0 Å². The van der Waals surface area contributed by atoms with Crippen molar-refractivity contribution in [1.29, 1.82) is 0 Å². The van der Waals surface area contributed by atoms with Gasteiger partial charge in [-0.25, -0.2) is 9.59 Å². The molecule has 1 heterocycles. The lowest BCUT2D eigenvalue weighted by Crippen LogP contribution is -2.50. The van der Waals surface area contributed by atoms with Crippen LogP contribution in [0.25, 0.3) is 0 Å². The van der Waals surface area contributed by atoms with Crippen LogP contribution in [-0.4, -0.2) is 51.8 Å². The summed E-state index contributed by atoms with van der Waals surface area (Å²) in [7, 11) is 0. The third-order valence-electron chi connectivity index (χ3n) is 4.53. The zero-order valence-electron chi connectivity index (χ0n) is 11.9. The maximum atomic E-state index is 12.2. The molecule has 2 rings (SSSR count). The molecule has 0 aromatic rings. The predicted molar refractivity (Wildman–Crippen MR) is 73.3 cm³/mol. The number of hydrogen-bond donors (Lipinski definition) is 3. The summed E-state index contributed by atoms with van der Waals surface area (Å²) in [5, 5.41) is 21.6. The first-order valence-electron chi connectivity index (χ1n) is 7.47. The average molecular weight is 284 g/mol. The number of aliphatic hydroxyl groups is 1. The van der Waals surface area contributed by atoms with Gasteiger partial charge in [-0.1, -0.05) is 19.3 Å². The maximum Gasteiger partial charge on any atom is 0.326 e. The fraction of sp³-hybridized carbons (Fsp3) is 0.857. The Morgan fingerprint density at radius 1 is 1.25 bits per heavy atom. The van der Waals surface area contributed by atoms with Crippen molar-refractivity contribution in [2.24, 2.45) is 5.92 Å². The first kappa shape index (κ1) is 15.1. The Morgan fingerprint density at radius 3 is 2.50 bits per heavy atom. The number of nitrogens with zero attached hydrogens (tertiary/aromatic N) is 1. The lowest BCUT2D eigenvalue weighted by molar-refractivity contribution is -0.141. The number of nitrogens with one attached hydrogen (secondary N) is 1. The van der Waals surface area contributed by atoms with Crippen LogP contribution in [0.15, 0.2) is 0 Å². The minimum absolute atomic E-state index is 0.0509. The number of urea groups is 1. The van der Waals surface area contributed by atoms with Gasteiger partial charge in [0.2, 0.25) is 0 Å². The minimum Gasteiger partial charge on any atom is -0.480 e. The third kappa shape index (κ3) is 3.42. The van der Waals surface area contributed by atoms with Crippen LogP contribution in [0.2, 0.25) is 0 Å². The summed E-state index contributed by atoms with van der Waals surface area (Å²) >= 11 is 0. The Bertz CT molecular complexity index is 368. The quantitative estimate of drug-likeness (QED) is 0.726. The first-order valence-corrected chi connectivity index (χ1v) is 7.47. The molecule has 20 heavy (non-hydrogen) atoms. The van der Waals surface area contributed by atoms with Crippen molar-refractivity contribution in [1.82, 2.24) is 10.2 Å². The van der Waals surface area contributed by atoms with Gasteiger partial charge in [-0.2, -0.15) is 0 Å². The first-order chi connectivity index (χ1) is 9.49. The molecule has 0 aromatic carbocycles. The second-order valence-corrected chi connectivity index (χ2v) is 6.03. The average Bonchev–Trinajstić information content (AvgIpc) is 2.82. The van der Waals surface area contributed by atoms with Crippen LogP contribution in [0.4, 0.5) is 4.79 Å². The van der Waals surface area contributed by atoms with Gasteiger partial charge in [-0.15, -0.1) is 0 Å². The predicted octanol–water partition coefficient (Wildman–Crippen LogP) is 1.18. The lowest BCUT2D eigenvalue weighted by atomic mass is 9.84. The molecule has 0 spiro atoms. The Morgan fingerprint density at radius 2 is 1.90 bits per heavy atom. The van der Waals surface area contributed by atoms with E-state index in [1.165, 1.54) is 24.2 Å². The highest BCUT2D eigenvalue weighted by Crippen LogP contribution is 2.27. The zero-order chi connectivity index (χ0) is 14.7. The molecule has 114 valence electrons. The smallest absolute Gasteiger partial charge is 0.326 e. The van der Waals surface area contributed by atoms with Gasteiger partial charge in [0.05, 0.1) is 6.10 Å². The van der Waals surface area contributed by atoms with E-state index in [2.05, 4.69) is 5.32 Å². The van der Waals surface area contributed by atoms with Crippen molar-refractivity contribution in [2.45, 2.75) is 63.6 Å². The molecule has 2 fully saturated rings. The number of rotatable bonds is 3. The van der Waals surface area contributed by atoms with Crippen molar-refractivity contribution < 1.29 is 19.8 Å². The summed E-state index contributed by atoms with van der Waals surface area (Å²) in [6.45, 7) is 2.08. The molecule has 6 heteroatoms. The second kappa shape index (κ2) is 6.43. The largest absolute Gasteiger partial charge is 0.480 e. The van der Waals surface area contributed by atoms with Crippen LogP contribution in [0, 0.1) is 5.92 Å². The number of likely N-dealkylation sites (tertiary alicyclic amines) is 1. The summed E-state index contributed by atoms with van der Waals surface area (Å²) in [4.78, 5) is 24.6. The van der Waals surface area contributed by atoms with E-state index in [0.717, 1.165) is 12.8 Å². The second-order valence-electron chi connectivity index (χ2n) is 6.03. The highest BCUT2D eigenvalue weighted by atomic mass is 16.4. The molecular weight excluding hydrogens is 260 g/mol. The molecule has 1 saturated heterocycles. The fourth-order valence-electron chi connectivity index (χ4n) is 3.30. The van der Waals surface area contributed by atoms with Crippen molar-refractivity contribution in [3.05, 3.63) is 0 Å². The van der Waals surface area contributed by atoms with Crippen LogP contribution in [0.1, 0.15) is 45.4 Å². The number of carbonyl (C=O) groups is 2. The van der Waals surface area contributed by atoms with Crippen molar-refractivity contribution in [3.8, 4) is 0 Å². The highest BCUT2D eigenvalue weighted by molar-refractivity contribution is 5.83. The summed E-state index contributed by atoms with van der Waals surface area (Å²) in [5.41, 5.74) is 0. The Balaban J connectivity index is 1.91. The van der Waals surface area contributed by atoms with Crippen LogP contribution in [-0.2, 0) is 4.79 Å². The number of hydrogen-bond acceptors (Lipinski definition) is 3. The minimum atomic E-state index is -1.05. The molecule has 3 atom stereocenters. The number of aliphatic hydroxyl groups excluding tert-OH is 1. The fourth-order valence-corrected chi connectivity index (χ4v) is 3.30. The third-order valence-corrected chi connectivity index (χ3v) is 4.53. The number of carbonyl (C=O) groups excluding carboxylic acids is 1. The Kier molecular flexibility index (Phi) is 4.86. The molecule has 0 bridgehead atoms. The summed E-state index contributed by atoms with van der Waals surface area (Å²) in [6, 6.07) is -1.23. The molecule has 1 aliphatic carbocycles. The topological polar surface area (TPSA) is 89.9 Å². The van der Waals surface area contributed by atoms with Gasteiger partial charge in [-0.05, 0) is 25.7 Å². The summed E-state index contributed by atoms with van der Waals surface area (Å²) in [5.74, 6) is -0.578. The number of carboxylic acid groups (broad SMARTS) is 1. The molecule has 6 nitrogen and oxygen atoms in total. The number of aliphatic carboxylic acids is 1. The van der Waals surface area contributed by atoms with E-state index >= 15 is 0 Å². The van der Waals surface area contributed by atoms with Gasteiger partial charge in [0.15, 0.2) is 0 Å². The standard InChI is InChI=1S/C14H24N2O4/c1-9(10-5-3-2-4-6-10)15-14(20)16-8-11(17)7-12(16)13(18)19/h9-12,17H,2-8H2,1H3,(H,15,20)(H,18,19)/t9?,11-,12+/m1/s1. The maximum absolute atomic E-state index is 12.2. The van der Waals surface area contributed by atoms with E-state index in [0.29, 0.717) is 5.92 Å². The molecular formula is C14H24N2O4. The van der Waals surface area contributed by atoms with Crippen LogP contribution in [0.5, 0.6) is 0 Å². The van der Waals surface area contributed by atoms with Gasteiger partial charge in [0.1, 0.15) is 6.04 Å². The van der Waals surface area contributed by atoms with Crippen molar-refractivity contribution in [3.63, 3.8) is 0 Å². The van der Waals surface area contributed by atoms with Gasteiger partial charge in [-0.3, -0.25) is 0 Å². The van der Waals surface area contributed by atoms with E-state index in [9.17, 15) is 14.7 Å². The highest BCUT2D eigenvalue weighted by Gasteiger charge is 2.39. The Labute approximate surface area is 119 Å². The van der Waals surface area contributed by atoms with Gasteiger partial charge in [0, 0.05) is 19.0 Å². The molecule has 0 aromatic heterocycles. The number of carboxylic acids is 1. The van der Waals surface area contributed by atoms with Crippen LogP contribution < -0.4 is 5.32 Å². The van der Waals surface area contributed by atoms with E-state index in [1.54, 1.807) is 0 Å². The monoisotopic (exact) mass is 284 g/mol. The summed E-state index contributed by atoms with van der Waals surface area (Å²) in [6.07, 6.45) is 5.26. The molecule has 1 aliphatic heterocycles. The SMILES string of the molecule is CC(NC(=O)N1C[C@H](O)C[C@H]1C(=O)O)C1CCCCC1. The molecule has 2 aliphatic rings. The van der Waals surface area contributed by atoms with Crippen LogP contribution in [0.3, 0.4) is 0 Å². The molecule has 2 amide bonds. The molecule has 1 saturated carbocycles. The number of amides is 2. The Hall–Kier alpha value is -1.30. The van der Waals surface area contributed by atoms with E-state index < -0.39 is 18.1 Å². The van der Waals surface area contributed by atoms with Crippen molar-refractivity contribution in [2.75, 3.05) is 6.54 Å². The van der Waals surface area contributed by atoms with E-state index in [-0.39, 0.29) is 25.0 Å². The van der Waals surface area contributed by atoms with E-state index in [1.807, 2.05) is 6.92 Å². The number of β-amino-alcohol motifs (C(OH)–C–C–N with tert-alkyl or cyclic N) is 1. The normalized spacial score (nSPS) is 29.2. The van der Waals surface area contributed by atoms with E-state index in [4.69, 9.17) is 5.11 Å². The van der Waals surface area contributed by atoms with Crippen molar-refractivity contribution >= 4 is 12.0 Å². The molecule has 0 radical (unpaired) electrons. The van der Waals surface area contributed by atoms with Gasteiger partial charge < -0.3 is 20.4 Å². The summed E-state index contributed by atoms with van der Waals surface area (Å²) < 4.78 is 0. The zero-order valence-corrected chi connectivity index (χ0v) is 11.9. The molecule has 1 unspecified atom stereocenters. The molecule has 3 N–H and O–H groups in total.